The lowest BCUT2D eigenvalue weighted by atomic mass is 10.00. The van der Waals surface area contributed by atoms with Crippen molar-refractivity contribution in [2.45, 2.75) is 103 Å². The number of amides is 2. The van der Waals surface area contributed by atoms with E-state index in [0.717, 1.165) is 11.1 Å². The van der Waals surface area contributed by atoms with Crippen LogP contribution in [0, 0.1) is 0 Å². The van der Waals surface area contributed by atoms with Crippen LogP contribution in [0.25, 0.3) is 0 Å². The van der Waals surface area contributed by atoms with Crippen molar-refractivity contribution in [1.82, 2.24) is 15.2 Å². The van der Waals surface area contributed by atoms with Gasteiger partial charge in [-0.1, -0.05) is 19.1 Å². The van der Waals surface area contributed by atoms with Gasteiger partial charge >= 0.3 is 6.18 Å². The van der Waals surface area contributed by atoms with Gasteiger partial charge in [0.05, 0.1) is 28.8 Å². The van der Waals surface area contributed by atoms with E-state index in [2.05, 4.69) is 15.3 Å². The van der Waals surface area contributed by atoms with Crippen LogP contribution in [0.4, 0.5) is 36.6 Å². The first-order valence-corrected chi connectivity index (χ1v) is 13.4. The third-order valence-electron chi connectivity index (χ3n) is 6.91. The second-order valence-electron chi connectivity index (χ2n) is 10.8. The number of aliphatic hydroxyl groups is 1. The van der Waals surface area contributed by atoms with Crippen molar-refractivity contribution in [2.24, 2.45) is 4.99 Å². The lowest BCUT2D eigenvalue weighted by Crippen LogP contribution is -2.49. The third-order valence-corrected chi connectivity index (χ3v) is 7.36. The smallest absolute Gasteiger partial charge is 0.388 e. The Balaban J connectivity index is 2.57. The molecule has 0 bridgehead atoms. The fraction of sp³-hybridized carbons (Fsp3) is 0.654. The SMILES string of the molecule is CC[C@H](Nc1cc(C(F)F)c(C(=S)C(/N=C(\C)C(=O)N[C@H](C)C(C)(C)O)C(=O)N2CC(F)(F)C[C@@H]2C)cn1)C(F)(F)F. The monoisotopic (exact) mass is 629 g/mol. The first-order valence-electron chi connectivity index (χ1n) is 13.0. The number of carbonyl (C=O) groups excluding carboxylic acids is 2. The summed E-state index contributed by atoms with van der Waals surface area (Å²) in [6.07, 6.45) is -8.34. The first-order chi connectivity index (χ1) is 19.1. The summed E-state index contributed by atoms with van der Waals surface area (Å²) in [7, 11) is 0. The fourth-order valence-corrected chi connectivity index (χ4v) is 4.42. The minimum absolute atomic E-state index is 0.369. The molecule has 2 heterocycles. The minimum atomic E-state index is -4.70. The number of hydrogen-bond donors (Lipinski definition) is 3. The van der Waals surface area contributed by atoms with Crippen LogP contribution in [0.3, 0.4) is 0 Å². The number of nitrogens with zero attached hydrogens (tertiary/aromatic N) is 3. The van der Waals surface area contributed by atoms with Crippen LogP contribution in [-0.2, 0) is 9.59 Å². The Morgan fingerprint density at radius 1 is 1.29 bits per heavy atom. The van der Waals surface area contributed by atoms with Gasteiger partial charge < -0.3 is 20.6 Å². The first kappa shape index (κ1) is 35.3. The molecule has 0 aromatic carbocycles. The molecular formula is C26H34F7N5O3S. The molecule has 8 nitrogen and oxygen atoms in total. The summed E-state index contributed by atoms with van der Waals surface area (Å²) >= 11 is 5.33. The molecule has 1 saturated heterocycles. The van der Waals surface area contributed by atoms with Gasteiger partial charge in [0.1, 0.15) is 11.9 Å². The van der Waals surface area contributed by atoms with Gasteiger partial charge in [0.15, 0.2) is 6.04 Å². The van der Waals surface area contributed by atoms with Gasteiger partial charge in [-0.15, -0.1) is 0 Å². The van der Waals surface area contributed by atoms with Crippen molar-refractivity contribution in [3.63, 3.8) is 0 Å². The molecule has 0 saturated carbocycles. The summed E-state index contributed by atoms with van der Waals surface area (Å²) in [6.45, 7) is 7.11. The maximum Gasteiger partial charge on any atom is 0.408 e. The molecule has 236 valence electrons. The van der Waals surface area contributed by atoms with Gasteiger partial charge in [-0.25, -0.2) is 22.5 Å². The van der Waals surface area contributed by atoms with E-state index in [1.165, 1.54) is 41.5 Å². The van der Waals surface area contributed by atoms with Crippen molar-refractivity contribution >= 4 is 40.4 Å². The highest BCUT2D eigenvalue weighted by molar-refractivity contribution is 7.81. The molecular weight excluding hydrogens is 595 g/mol. The topological polar surface area (TPSA) is 107 Å². The molecule has 2 amide bonds. The number of hydrogen-bond acceptors (Lipinski definition) is 7. The van der Waals surface area contributed by atoms with E-state index in [1.54, 1.807) is 0 Å². The number of carbonyl (C=O) groups is 2. The molecule has 1 aromatic rings. The van der Waals surface area contributed by atoms with E-state index in [9.17, 15) is 45.4 Å². The van der Waals surface area contributed by atoms with Crippen LogP contribution in [0.1, 0.15) is 71.9 Å². The van der Waals surface area contributed by atoms with E-state index in [-0.39, 0.29) is 5.71 Å². The highest BCUT2D eigenvalue weighted by Crippen LogP contribution is 2.34. The summed E-state index contributed by atoms with van der Waals surface area (Å²) in [4.78, 5) is 34.3. The second kappa shape index (κ2) is 13.2. The van der Waals surface area contributed by atoms with Crippen LogP contribution < -0.4 is 10.6 Å². The number of thiocarbonyl (C=S) groups is 1. The van der Waals surface area contributed by atoms with Gasteiger partial charge in [-0.3, -0.25) is 14.6 Å². The molecule has 0 spiro atoms. The van der Waals surface area contributed by atoms with Crippen LogP contribution in [-0.4, -0.2) is 85.8 Å². The van der Waals surface area contributed by atoms with E-state index in [0.29, 0.717) is 6.07 Å². The fourth-order valence-electron chi connectivity index (χ4n) is 4.10. The summed E-state index contributed by atoms with van der Waals surface area (Å²) in [6, 6.07) is -5.12. The maximum absolute atomic E-state index is 14.1. The van der Waals surface area contributed by atoms with E-state index >= 15 is 0 Å². The summed E-state index contributed by atoms with van der Waals surface area (Å²) in [5, 5.41) is 14.6. The van der Waals surface area contributed by atoms with Gasteiger partial charge in [0, 0.05) is 29.8 Å². The molecule has 0 aliphatic carbocycles. The number of alkyl halides is 7. The molecule has 1 aliphatic rings. The molecule has 1 aliphatic heterocycles. The summed E-state index contributed by atoms with van der Waals surface area (Å²) < 4.78 is 96.2. The molecule has 1 aromatic heterocycles. The lowest BCUT2D eigenvalue weighted by Gasteiger charge is -2.28. The van der Waals surface area contributed by atoms with E-state index in [1.807, 2.05) is 5.32 Å². The molecule has 0 radical (unpaired) electrons. The number of rotatable bonds is 11. The van der Waals surface area contributed by atoms with Crippen molar-refractivity contribution in [3.05, 3.63) is 23.4 Å². The Kier molecular flexibility index (Phi) is 11.1. The van der Waals surface area contributed by atoms with Crippen molar-refractivity contribution in [1.29, 1.82) is 0 Å². The Morgan fingerprint density at radius 3 is 2.33 bits per heavy atom. The number of pyridine rings is 1. The number of nitrogens with one attached hydrogen (secondary N) is 2. The van der Waals surface area contributed by atoms with E-state index < -0.39 is 101 Å². The maximum atomic E-state index is 14.1. The number of likely N-dealkylation sites (tertiary alicyclic amines) is 1. The standard InChI is InChI=1S/C26H34F7N5O3S/c1-7-17(26(31,32)33)37-18-8-15(21(27)28)16(10-34-18)20(42)19(23(40)38-11-25(29,30)9-12(38)2)35-13(3)22(39)36-14(4)24(5,6)41/h8,10,12,14,17,19,21,41H,7,9,11H2,1-6H3,(H,34,37)(H,36,39)/b35-13+/t12-,14+,17-,19?/m0/s1. The van der Waals surface area contributed by atoms with E-state index in [4.69, 9.17) is 12.2 Å². The molecule has 16 heteroatoms. The molecule has 1 fully saturated rings. The molecule has 3 N–H and O–H groups in total. The van der Waals surface area contributed by atoms with Crippen LogP contribution >= 0.6 is 12.2 Å². The lowest BCUT2D eigenvalue weighted by molar-refractivity contribution is -0.143. The number of anilines is 1. The zero-order chi connectivity index (χ0) is 32.4. The zero-order valence-electron chi connectivity index (χ0n) is 23.8. The quantitative estimate of drug-likeness (QED) is 0.140. The zero-order valence-corrected chi connectivity index (χ0v) is 24.6. The van der Waals surface area contributed by atoms with Crippen LogP contribution in [0.5, 0.6) is 0 Å². The molecule has 2 rings (SSSR count). The van der Waals surface area contributed by atoms with Crippen molar-refractivity contribution in [2.75, 3.05) is 11.9 Å². The predicted octanol–water partition coefficient (Wildman–Crippen LogP) is 4.85. The average Bonchev–Trinajstić information content (AvgIpc) is 3.14. The van der Waals surface area contributed by atoms with Gasteiger partial charge in [0.2, 0.25) is 0 Å². The average molecular weight is 630 g/mol. The Bertz CT molecular complexity index is 1200. The highest BCUT2D eigenvalue weighted by Gasteiger charge is 2.47. The predicted molar refractivity (Wildman–Crippen MR) is 146 cm³/mol. The third kappa shape index (κ3) is 8.82. The number of aliphatic imine (C=N–C) groups is 1. The number of halogens is 7. The van der Waals surface area contributed by atoms with Crippen molar-refractivity contribution in [3.8, 4) is 0 Å². The van der Waals surface area contributed by atoms with Gasteiger partial charge in [0.25, 0.3) is 24.2 Å². The van der Waals surface area contributed by atoms with Gasteiger partial charge in [-0.2, -0.15) is 13.2 Å². The second-order valence-corrected chi connectivity index (χ2v) is 11.2. The van der Waals surface area contributed by atoms with Crippen molar-refractivity contribution < 1.29 is 45.4 Å². The molecule has 1 unspecified atom stereocenters. The summed E-state index contributed by atoms with van der Waals surface area (Å²) in [5.41, 5.74) is -3.12. The molecule has 4 atom stereocenters. The summed E-state index contributed by atoms with van der Waals surface area (Å²) in [5.74, 6) is -5.71. The normalized spacial score (nSPS) is 19.8. The minimum Gasteiger partial charge on any atom is -0.388 e. The Labute approximate surface area is 244 Å². The Morgan fingerprint density at radius 2 is 1.88 bits per heavy atom. The van der Waals surface area contributed by atoms with Crippen LogP contribution in [0.2, 0.25) is 0 Å². The molecule has 42 heavy (non-hydrogen) atoms. The largest absolute Gasteiger partial charge is 0.408 e. The van der Waals surface area contributed by atoms with Crippen LogP contribution in [0.15, 0.2) is 17.3 Å². The number of aromatic nitrogens is 1. The van der Waals surface area contributed by atoms with Gasteiger partial charge in [-0.05, 0) is 47.1 Å². The Hall–Kier alpha value is -2.88. The highest BCUT2D eigenvalue weighted by atomic mass is 32.1.